The summed E-state index contributed by atoms with van der Waals surface area (Å²) < 4.78 is 10.6. The molecule has 0 saturated heterocycles. The predicted molar refractivity (Wildman–Crippen MR) is 105 cm³/mol. The summed E-state index contributed by atoms with van der Waals surface area (Å²) in [5.74, 6) is 1.21. The monoisotopic (exact) mass is 394 g/mol. The van der Waals surface area contributed by atoms with Crippen LogP contribution in [0.4, 0.5) is 0 Å². The maximum atomic E-state index is 12.8. The van der Waals surface area contributed by atoms with E-state index in [1.54, 1.807) is 18.2 Å². The number of likely N-dealkylation sites (N-methyl/N-ethyl adjacent to an activating group) is 1. The van der Waals surface area contributed by atoms with Crippen LogP contribution in [0, 0.1) is 5.92 Å². The highest BCUT2D eigenvalue weighted by Crippen LogP contribution is 2.33. The number of carbonyl (C=O) groups is 3. The number of benzene rings is 1. The zero-order chi connectivity index (χ0) is 21.5. The Bertz CT molecular complexity index is 702. The van der Waals surface area contributed by atoms with Gasteiger partial charge in [-0.2, -0.15) is 0 Å². The number of rotatable bonds is 7. The van der Waals surface area contributed by atoms with Gasteiger partial charge in [0.25, 0.3) is 6.47 Å². The molecule has 1 atom stereocenters. The van der Waals surface area contributed by atoms with E-state index in [9.17, 15) is 9.59 Å². The minimum Gasteiger partial charge on any atom is -0.483 e. The summed E-state index contributed by atoms with van der Waals surface area (Å²) in [7, 11) is 1.89. The molecule has 2 N–H and O–H groups in total. The number of Topliss-reactive ketones (excluding diaryl/α,β-unsaturated/α-hetero) is 1. The maximum absolute atomic E-state index is 12.8. The van der Waals surface area contributed by atoms with Gasteiger partial charge in [0.05, 0.1) is 6.04 Å². The summed E-state index contributed by atoms with van der Waals surface area (Å²) in [5.41, 5.74) is 0.159. The molecular formula is C20H30N2O6. The summed E-state index contributed by atoms with van der Waals surface area (Å²) >= 11 is 0. The van der Waals surface area contributed by atoms with Crippen molar-refractivity contribution in [2.45, 2.75) is 46.2 Å². The van der Waals surface area contributed by atoms with E-state index in [0.717, 1.165) is 0 Å². The Balaban J connectivity index is 0.00000122. The Morgan fingerprint density at radius 3 is 2.39 bits per heavy atom. The third-order valence-corrected chi connectivity index (χ3v) is 4.33. The fraction of sp³-hybridized carbons (Fsp3) is 0.550. The van der Waals surface area contributed by atoms with E-state index in [-0.39, 0.29) is 36.9 Å². The molecule has 1 aromatic carbocycles. The number of ether oxygens (including phenoxy) is 2. The van der Waals surface area contributed by atoms with E-state index in [1.807, 2.05) is 46.6 Å². The SMILES string of the molecule is CC(C)C(=O)NC(C)(C)CN(C)C(C)C(=O)c1ccc2c(c1)OCO2.O=CO. The Morgan fingerprint density at radius 2 is 1.82 bits per heavy atom. The van der Waals surface area contributed by atoms with Gasteiger partial charge in [0, 0.05) is 23.6 Å². The van der Waals surface area contributed by atoms with Gasteiger partial charge in [-0.05, 0) is 46.0 Å². The van der Waals surface area contributed by atoms with Crippen LogP contribution in [0.2, 0.25) is 0 Å². The van der Waals surface area contributed by atoms with Gasteiger partial charge in [-0.3, -0.25) is 19.3 Å². The fourth-order valence-electron chi connectivity index (χ4n) is 2.77. The molecule has 8 heteroatoms. The lowest BCUT2D eigenvalue weighted by Crippen LogP contribution is -2.54. The summed E-state index contributed by atoms with van der Waals surface area (Å²) in [5, 5.41) is 9.91. The lowest BCUT2D eigenvalue weighted by atomic mass is 9.99. The Morgan fingerprint density at radius 1 is 1.25 bits per heavy atom. The number of fused-ring (bicyclic) bond motifs is 1. The fourth-order valence-corrected chi connectivity index (χ4v) is 2.77. The Kier molecular flexibility index (Phi) is 8.43. The van der Waals surface area contributed by atoms with Crippen molar-refractivity contribution in [2.75, 3.05) is 20.4 Å². The second-order valence-electron chi connectivity index (χ2n) is 7.66. The third-order valence-electron chi connectivity index (χ3n) is 4.33. The molecule has 0 fully saturated rings. The van der Waals surface area contributed by atoms with Crippen molar-refractivity contribution in [1.29, 1.82) is 0 Å². The van der Waals surface area contributed by atoms with E-state index in [1.165, 1.54) is 0 Å². The molecule has 0 aromatic heterocycles. The molecule has 0 spiro atoms. The average molecular weight is 394 g/mol. The smallest absolute Gasteiger partial charge is 0.290 e. The average Bonchev–Trinajstić information content (AvgIpc) is 3.07. The summed E-state index contributed by atoms with van der Waals surface area (Å²) in [6, 6.07) is 4.91. The number of amides is 1. The van der Waals surface area contributed by atoms with Crippen molar-refractivity contribution in [3.05, 3.63) is 23.8 Å². The molecule has 1 heterocycles. The topological polar surface area (TPSA) is 105 Å². The zero-order valence-electron chi connectivity index (χ0n) is 17.3. The molecular weight excluding hydrogens is 364 g/mol. The Hall–Kier alpha value is -2.61. The van der Waals surface area contributed by atoms with E-state index >= 15 is 0 Å². The number of hydrogen-bond donors (Lipinski definition) is 2. The van der Waals surface area contributed by atoms with E-state index in [2.05, 4.69) is 5.32 Å². The van der Waals surface area contributed by atoms with Crippen molar-refractivity contribution >= 4 is 18.2 Å². The predicted octanol–water partition coefficient (Wildman–Crippen LogP) is 2.17. The van der Waals surface area contributed by atoms with Crippen molar-refractivity contribution in [1.82, 2.24) is 10.2 Å². The highest BCUT2D eigenvalue weighted by Gasteiger charge is 2.28. The summed E-state index contributed by atoms with van der Waals surface area (Å²) in [6.07, 6.45) is 0. The lowest BCUT2D eigenvalue weighted by molar-refractivity contribution is -0.126. The second kappa shape index (κ2) is 10.1. The second-order valence-corrected chi connectivity index (χ2v) is 7.66. The van der Waals surface area contributed by atoms with Gasteiger partial charge in [-0.15, -0.1) is 0 Å². The van der Waals surface area contributed by atoms with Crippen LogP contribution < -0.4 is 14.8 Å². The molecule has 0 radical (unpaired) electrons. The van der Waals surface area contributed by atoms with E-state index < -0.39 is 5.54 Å². The van der Waals surface area contributed by atoms with Gasteiger partial charge in [0.15, 0.2) is 17.3 Å². The molecule has 8 nitrogen and oxygen atoms in total. The molecule has 1 unspecified atom stereocenters. The molecule has 156 valence electrons. The minimum atomic E-state index is -0.431. The number of ketones is 1. The highest BCUT2D eigenvalue weighted by molar-refractivity contribution is 6.00. The lowest BCUT2D eigenvalue weighted by Gasteiger charge is -2.34. The first-order chi connectivity index (χ1) is 13.0. The van der Waals surface area contributed by atoms with Crippen LogP contribution in [0.3, 0.4) is 0 Å². The molecule has 0 aliphatic carbocycles. The van der Waals surface area contributed by atoms with Crippen LogP contribution in [-0.2, 0) is 9.59 Å². The summed E-state index contributed by atoms with van der Waals surface area (Å²) in [6.45, 7) is 10.0. The van der Waals surface area contributed by atoms with Crippen LogP contribution >= 0.6 is 0 Å². The van der Waals surface area contributed by atoms with Gasteiger partial charge in [-0.25, -0.2) is 0 Å². The van der Waals surface area contributed by atoms with Crippen molar-refractivity contribution in [3.63, 3.8) is 0 Å². The number of nitrogens with zero attached hydrogens (tertiary/aromatic N) is 1. The molecule has 0 saturated carbocycles. The van der Waals surface area contributed by atoms with Crippen LogP contribution in [0.1, 0.15) is 45.0 Å². The van der Waals surface area contributed by atoms with Crippen molar-refractivity contribution < 1.29 is 29.0 Å². The normalized spacial score (nSPS) is 13.6. The molecule has 2 rings (SSSR count). The number of nitrogens with one attached hydrogen (secondary N) is 1. The molecule has 1 amide bonds. The first kappa shape index (κ1) is 23.4. The molecule has 1 aliphatic rings. The number of carbonyl (C=O) groups excluding carboxylic acids is 2. The summed E-state index contributed by atoms with van der Waals surface area (Å²) in [4.78, 5) is 35.0. The van der Waals surface area contributed by atoms with Gasteiger partial charge in [0.1, 0.15) is 0 Å². The quantitative estimate of drug-likeness (QED) is 0.539. The van der Waals surface area contributed by atoms with Gasteiger partial charge in [0.2, 0.25) is 12.7 Å². The molecule has 0 bridgehead atoms. The van der Waals surface area contributed by atoms with Gasteiger partial charge in [-0.1, -0.05) is 13.8 Å². The molecule has 28 heavy (non-hydrogen) atoms. The van der Waals surface area contributed by atoms with Crippen LogP contribution in [-0.4, -0.2) is 60.1 Å². The van der Waals surface area contributed by atoms with Crippen LogP contribution in [0.5, 0.6) is 11.5 Å². The largest absolute Gasteiger partial charge is 0.483 e. The van der Waals surface area contributed by atoms with E-state index in [4.69, 9.17) is 19.4 Å². The standard InChI is InChI=1S/C19H28N2O4.CH2O2/c1-12(2)18(23)20-19(4,5)10-21(6)13(3)17(22)14-7-8-15-16(9-14)25-11-24-15;2-1-3/h7-9,12-13H,10-11H2,1-6H3,(H,20,23);1H,(H,2,3). The van der Waals surface area contributed by atoms with Crippen molar-refractivity contribution in [3.8, 4) is 11.5 Å². The van der Waals surface area contributed by atoms with Crippen LogP contribution in [0.25, 0.3) is 0 Å². The van der Waals surface area contributed by atoms with Gasteiger partial charge < -0.3 is 19.9 Å². The van der Waals surface area contributed by atoms with Crippen molar-refractivity contribution in [2.24, 2.45) is 5.92 Å². The maximum Gasteiger partial charge on any atom is 0.290 e. The first-order valence-electron chi connectivity index (χ1n) is 9.06. The third kappa shape index (κ3) is 6.53. The minimum absolute atomic E-state index is 0.00628. The van der Waals surface area contributed by atoms with Crippen LogP contribution in [0.15, 0.2) is 18.2 Å². The Labute approximate surface area is 165 Å². The van der Waals surface area contributed by atoms with Gasteiger partial charge >= 0.3 is 0 Å². The molecule has 1 aromatic rings. The van der Waals surface area contributed by atoms with E-state index in [0.29, 0.717) is 23.6 Å². The number of carboxylic acid groups (broad SMARTS) is 1. The number of hydrogen-bond acceptors (Lipinski definition) is 6. The first-order valence-corrected chi connectivity index (χ1v) is 9.06. The highest BCUT2D eigenvalue weighted by atomic mass is 16.7. The zero-order valence-corrected chi connectivity index (χ0v) is 17.3. The molecule has 1 aliphatic heterocycles.